The zero-order chi connectivity index (χ0) is 18.4. The van der Waals surface area contributed by atoms with Crippen molar-refractivity contribution >= 4 is 11.8 Å². The van der Waals surface area contributed by atoms with Gasteiger partial charge in [-0.2, -0.15) is 5.10 Å². The van der Waals surface area contributed by atoms with Crippen LogP contribution < -0.4 is 10.6 Å². The van der Waals surface area contributed by atoms with Crippen LogP contribution in [0.2, 0.25) is 0 Å². The van der Waals surface area contributed by atoms with E-state index in [4.69, 9.17) is 4.74 Å². The molecule has 7 heteroatoms. The summed E-state index contributed by atoms with van der Waals surface area (Å²) in [5.74, 6) is 1.34. The summed E-state index contributed by atoms with van der Waals surface area (Å²) in [6.45, 7) is 2.93. The summed E-state index contributed by atoms with van der Waals surface area (Å²) in [7, 11) is 4.14. The maximum absolute atomic E-state index is 12.4. The summed E-state index contributed by atoms with van der Waals surface area (Å²) >= 11 is 0. The number of anilines is 1. The molecule has 1 aromatic rings. The quantitative estimate of drug-likeness (QED) is 0.764. The van der Waals surface area contributed by atoms with Gasteiger partial charge < -0.3 is 15.0 Å². The summed E-state index contributed by atoms with van der Waals surface area (Å²) in [6.07, 6.45) is 11.5. The number of nitrogens with zero attached hydrogens (tertiary/aromatic N) is 3. The average molecular weight is 361 g/mol. The van der Waals surface area contributed by atoms with Crippen LogP contribution in [0, 0.1) is 5.92 Å². The number of amides is 2. The summed E-state index contributed by atoms with van der Waals surface area (Å²) in [4.78, 5) is 14.6. The Morgan fingerprint density at radius 3 is 2.88 bits per heavy atom. The van der Waals surface area contributed by atoms with Crippen LogP contribution in [0.3, 0.4) is 0 Å². The van der Waals surface area contributed by atoms with Crippen LogP contribution in [-0.2, 0) is 11.3 Å². The lowest BCUT2D eigenvalue weighted by Crippen LogP contribution is -2.56. The smallest absolute Gasteiger partial charge is 0.320 e. The van der Waals surface area contributed by atoms with Crippen LogP contribution in [0.1, 0.15) is 32.1 Å². The van der Waals surface area contributed by atoms with Crippen molar-refractivity contribution in [3.05, 3.63) is 24.4 Å². The molecule has 2 aliphatic rings. The second-order valence-corrected chi connectivity index (χ2v) is 7.59. The number of ether oxygens (including phenoxy) is 1. The zero-order valence-corrected chi connectivity index (χ0v) is 15.9. The van der Waals surface area contributed by atoms with Gasteiger partial charge in [0.25, 0.3) is 0 Å². The van der Waals surface area contributed by atoms with E-state index in [1.165, 1.54) is 6.42 Å². The van der Waals surface area contributed by atoms with Crippen molar-refractivity contribution in [3.63, 3.8) is 0 Å². The van der Waals surface area contributed by atoms with E-state index in [-0.39, 0.29) is 11.6 Å². The first-order chi connectivity index (χ1) is 12.6. The van der Waals surface area contributed by atoms with Gasteiger partial charge in [-0.15, -0.1) is 0 Å². The Balaban J connectivity index is 1.53. The van der Waals surface area contributed by atoms with E-state index in [0.717, 1.165) is 51.3 Å². The van der Waals surface area contributed by atoms with Gasteiger partial charge in [0, 0.05) is 37.9 Å². The molecule has 1 saturated heterocycles. The Morgan fingerprint density at radius 1 is 1.38 bits per heavy atom. The predicted octanol–water partition coefficient (Wildman–Crippen LogP) is 2.47. The summed E-state index contributed by atoms with van der Waals surface area (Å²) in [5, 5.41) is 10.4. The van der Waals surface area contributed by atoms with E-state index in [9.17, 15) is 4.79 Å². The van der Waals surface area contributed by atoms with Crippen molar-refractivity contribution in [3.8, 4) is 0 Å². The molecule has 0 spiro atoms. The van der Waals surface area contributed by atoms with Gasteiger partial charge in [-0.3, -0.25) is 5.32 Å². The number of nitrogens with one attached hydrogen (secondary N) is 2. The number of aromatic nitrogens is 2. The molecule has 3 rings (SSSR count). The second-order valence-electron chi connectivity index (χ2n) is 7.59. The molecule has 1 atom stereocenters. The van der Waals surface area contributed by atoms with Crippen LogP contribution in [0.5, 0.6) is 0 Å². The van der Waals surface area contributed by atoms with Crippen LogP contribution in [0.15, 0.2) is 24.4 Å². The number of urea groups is 1. The molecule has 0 unspecified atom stereocenters. The molecule has 1 aromatic heterocycles. The van der Waals surface area contributed by atoms with Gasteiger partial charge in [-0.1, -0.05) is 12.2 Å². The van der Waals surface area contributed by atoms with E-state index in [0.29, 0.717) is 12.5 Å². The number of hydrogen-bond acceptors (Lipinski definition) is 4. The minimum Gasteiger partial charge on any atom is -0.381 e. The lowest BCUT2D eigenvalue weighted by atomic mass is 9.88. The van der Waals surface area contributed by atoms with Gasteiger partial charge in [0.1, 0.15) is 5.82 Å². The highest BCUT2D eigenvalue weighted by atomic mass is 16.5. The van der Waals surface area contributed by atoms with Crippen molar-refractivity contribution < 1.29 is 9.53 Å². The molecule has 2 heterocycles. The van der Waals surface area contributed by atoms with Crippen LogP contribution in [-0.4, -0.2) is 60.1 Å². The molecular weight excluding hydrogens is 330 g/mol. The SMILES string of the molecule is CN(C)C1(CNC(=O)Nc2ccnn2C[C@@H]2CC=CCC2)CCOCC1. The van der Waals surface area contributed by atoms with Crippen molar-refractivity contribution in [1.82, 2.24) is 20.0 Å². The van der Waals surface area contributed by atoms with Gasteiger partial charge >= 0.3 is 6.03 Å². The molecule has 1 fully saturated rings. The molecule has 7 nitrogen and oxygen atoms in total. The van der Waals surface area contributed by atoms with E-state index in [2.05, 4.69) is 46.9 Å². The largest absolute Gasteiger partial charge is 0.381 e. The maximum Gasteiger partial charge on any atom is 0.320 e. The Morgan fingerprint density at radius 2 is 2.19 bits per heavy atom. The highest BCUT2D eigenvalue weighted by molar-refractivity contribution is 5.88. The van der Waals surface area contributed by atoms with E-state index in [1.807, 2.05) is 10.7 Å². The van der Waals surface area contributed by atoms with Crippen LogP contribution in [0.4, 0.5) is 10.6 Å². The number of carbonyl (C=O) groups excluding carboxylic acids is 1. The molecule has 1 aliphatic carbocycles. The minimum atomic E-state index is -0.178. The molecule has 144 valence electrons. The number of carbonyl (C=O) groups is 1. The lowest BCUT2D eigenvalue weighted by Gasteiger charge is -2.42. The Bertz CT molecular complexity index is 619. The first-order valence-electron chi connectivity index (χ1n) is 9.56. The van der Waals surface area contributed by atoms with Crippen molar-refractivity contribution in [2.75, 3.05) is 39.2 Å². The topological polar surface area (TPSA) is 71.4 Å². The highest BCUT2D eigenvalue weighted by Crippen LogP contribution is 2.25. The third-order valence-corrected chi connectivity index (χ3v) is 5.72. The lowest BCUT2D eigenvalue weighted by molar-refractivity contribution is -0.00553. The van der Waals surface area contributed by atoms with Crippen molar-refractivity contribution in [2.24, 2.45) is 5.92 Å². The Hall–Kier alpha value is -1.86. The number of hydrogen-bond donors (Lipinski definition) is 2. The molecule has 0 saturated carbocycles. The Kier molecular flexibility index (Phi) is 6.32. The first kappa shape index (κ1) is 18.9. The van der Waals surface area contributed by atoms with Crippen molar-refractivity contribution in [1.29, 1.82) is 0 Å². The van der Waals surface area contributed by atoms with Gasteiger partial charge in [-0.05, 0) is 52.1 Å². The summed E-state index contributed by atoms with van der Waals surface area (Å²) in [5.41, 5.74) is -0.0374. The van der Waals surface area contributed by atoms with Gasteiger partial charge in [0.2, 0.25) is 0 Å². The maximum atomic E-state index is 12.4. The van der Waals surface area contributed by atoms with Gasteiger partial charge in [0.15, 0.2) is 0 Å². The highest BCUT2D eigenvalue weighted by Gasteiger charge is 2.35. The molecule has 2 amide bonds. The van der Waals surface area contributed by atoms with Crippen LogP contribution in [0.25, 0.3) is 0 Å². The number of rotatable bonds is 6. The third-order valence-electron chi connectivity index (χ3n) is 5.72. The molecule has 0 bridgehead atoms. The normalized spacial score (nSPS) is 22.3. The molecule has 0 aromatic carbocycles. The summed E-state index contributed by atoms with van der Waals surface area (Å²) in [6, 6.07) is 1.68. The van der Waals surface area contributed by atoms with E-state index >= 15 is 0 Å². The van der Waals surface area contributed by atoms with Crippen LogP contribution >= 0.6 is 0 Å². The molecule has 26 heavy (non-hydrogen) atoms. The van der Waals surface area contributed by atoms with E-state index in [1.54, 1.807) is 6.20 Å². The number of likely N-dealkylation sites (N-methyl/N-ethyl adjacent to an activating group) is 1. The van der Waals surface area contributed by atoms with E-state index < -0.39 is 0 Å². The standard InChI is InChI=1S/C19H31N5O2/c1-23(2)19(9-12-26-13-10-19)15-20-18(25)22-17-8-11-21-24(17)14-16-6-4-3-5-7-16/h3-4,8,11,16H,5-7,9-10,12-15H2,1-2H3,(H2,20,22,25)/t16-/m1/s1. The monoisotopic (exact) mass is 361 g/mol. The Labute approximate surface area is 155 Å². The fourth-order valence-electron chi connectivity index (χ4n) is 3.79. The van der Waals surface area contributed by atoms with Gasteiger partial charge in [0.05, 0.1) is 6.20 Å². The molecule has 0 radical (unpaired) electrons. The fraction of sp³-hybridized carbons (Fsp3) is 0.684. The minimum absolute atomic E-state index is 0.0374. The first-order valence-corrected chi connectivity index (χ1v) is 9.56. The molecular formula is C19H31N5O2. The predicted molar refractivity (Wildman–Crippen MR) is 102 cm³/mol. The zero-order valence-electron chi connectivity index (χ0n) is 15.9. The number of allylic oxidation sites excluding steroid dienone is 2. The third kappa shape index (κ3) is 4.65. The van der Waals surface area contributed by atoms with Crippen molar-refractivity contribution in [2.45, 2.75) is 44.2 Å². The average Bonchev–Trinajstić information content (AvgIpc) is 3.08. The van der Waals surface area contributed by atoms with Gasteiger partial charge in [-0.25, -0.2) is 9.48 Å². The molecule has 1 aliphatic heterocycles. The fourth-order valence-corrected chi connectivity index (χ4v) is 3.79. The second kappa shape index (κ2) is 8.68. The summed E-state index contributed by atoms with van der Waals surface area (Å²) < 4.78 is 7.39. The molecule has 2 N–H and O–H groups in total.